The smallest absolute Gasteiger partial charge is 0.223 e. The van der Waals surface area contributed by atoms with Crippen LogP contribution in [0.15, 0.2) is 4.99 Å². The molecule has 152 valence electrons. The average molecular weight is 478 g/mol. The number of nitrogens with one attached hydrogen (secondary N) is 3. The fourth-order valence-corrected chi connectivity index (χ4v) is 3.74. The molecule has 2 aliphatic rings. The van der Waals surface area contributed by atoms with Gasteiger partial charge in [0.15, 0.2) is 5.96 Å². The summed E-state index contributed by atoms with van der Waals surface area (Å²) < 4.78 is 0. The first kappa shape index (κ1) is 23.5. The third-order valence-corrected chi connectivity index (χ3v) is 5.78. The topological polar surface area (TPSA) is 65.5 Å². The van der Waals surface area contributed by atoms with Crippen molar-refractivity contribution in [3.8, 4) is 0 Å². The molecule has 2 fully saturated rings. The summed E-state index contributed by atoms with van der Waals surface area (Å²) in [5.74, 6) is 3.14. The van der Waals surface area contributed by atoms with Crippen LogP contribution >= 0.6 is 24.0 Å². The standard InChI is InChI=1S/C20H38N4O.HI/c1-4-21-20(24-18-11-9-16(10-12-18)15(2)3)23-14-6-13-22-19(25)17-7-5-8-17;/h15-18H,4-14H2,1-3H3,(H,22,25)(H2,21,23,24);1H. The lowest BCUT2D eigenvalue weighted by Gasteiger charge is -2.32. The van der Waals surface area contributed by atoms with Crippen molar-refractivity contribution >= 4 is 35.8 Å². The summed E-state index contributed by atoms with van der Waals surface area (Å²) in [7, 11) is 0. The van der Waals surface area contributed by atoms with Gasteiger partial charge in [-0.05, 0) is 63.7 Å². The maximum absolute atomic E-state index is 11.8. The molecule has 3 N–H and O–H groups in total. The lowest BCUT2D eigenvalue weighted by atomic mass is 9.80. The van der Waals surface area contributed by atoms with Gasteiger partial charge >= 0.3 is 0 Å². The predicted octanol–water partition coefficient (Wildman–Crippen LogP) is 3.68. The van der Waals surface area contributed by atoms with Gasteiger partial charge < -0.3 is 16.0 Å². The zero-order valence-electron chi connectivity index (χ0n) is 16.9. The van der Waals surface area contributed by atoms with E-state index < -0.39 is 0 Å². The molecule has 0 saturated heterocycles. The molecule has 0 aromatic carbocycles. The number of hydrogen-bond acceptors (Lipinski definition) is 2. The molecule has 2 aliphatic carbocycles. The quantitative estimate of drug-likeness (QED) is 0.216. The number of carbonyl (C=O) groups excluding carboxylic acids is 1. The van der Waals surface area contributed by atoms with E-state index in [4.69, 9.17) is 0 Å². The van der Waals surface area contributed by atoms with Gasteiger partial charge in [-0.25, -0.2) is 0 Å². The van der Waals surface area contributed by atoms with Crippen LogP contribution in [0.3, 0.4) is 0 Å². The molecule has 0 unspecified atom stereocenters. The van der Waals surface area contributed by atoms with E-state index in [1.54, 1.807) is 0 Å². The summed E-state index contributed by atoms with van der Waals surface area (Å²) >= 11 is 0. The Bertz CT molecular complexity index is 430. The number of rotatable bonds is 8. The zero-order valence-corrected chi connectivity index (χ0v) is 19.2. The lowest BCUT2D eigenvalue weighted by molar-refractivity contribution is -0.127. The van der Waals surface area contributed by atoms with Crippen LogP contribution in [0.4, 0.5) is 0 Å². The predicted molar refractivity (Wildman–Crippen MR) is 120 cm³/mol. The minimum Gasteiger partial charge on any atom is -0.357 e. The molecule has 2 rings (SSSR count). The van der Waals surface area contributed by atoms with Gasteiger partial charge in [0.2, 0.25) is 5.91 Å². The van der Waals surface area contributed by atoms with Gasteiger partial charge in [-0.2, -0.15) is 0 Å². The van der Waals surface area contributed by atoms with E-state index in [1.807, 2.05) is 0 Å². The molecule has 2 saturated carbocycles. The molecule has 0 aliphatic heterocycles. The second-order valence-corrected chi connectivity index (χ2v) is 8.03. The molecule has 0 radical (unpaired) electrons. The van der Waals surface area contributed by atoms with E-state index in [0.717, 1.165) is 56.7 Å². The number of halogens is 1. The molecule has 0 atom stereocenters. The number of amides is 1. The largest absolute Gasteiger partial charge is 0.357 e. The van der Waals surface area contributed by atoms with Crippen molar-refractivity contribution in [3.63, 3.8) is 0 Å². The van der Waals surface area contributed by atoms with Crippen molar-refractivity contribution in [1.29, 1.82) is 0 Å². The highest BCUT2D eigenvalue weighted by Gasteiger charge is 2.25. The van der Waals surface area contributed by atoms with E-state index in [1.165, 1.54) is 32.1 Å². The van der Waals surface area contributed by atoms with Crippen LogP contribution in [-0.4, -0.2) is 37.5 Å². The highest BCUT2D eigenvalue weighted by molar-refractivity contribution is 14.0. The Labute approximate surface area is 177 Å². The first-order chi connectivity index (χ1) is 12.1. The van der Waals surface area contributed by atoms with Crippen LogP contribution in [0.25, 0.3) is 0 Å². The van der Waals surface area contributed by atoms with Crippen molar-refractivity contribution in [3.05, 3.63) is 0 Å². The van der Waals surface area contributed by atoms with Gasteiger partial charge in [0, 0.05) is 31.6 Å². The maximum atomic E-state index is 11.8. The molecule has 6 heteroatoms. The van der Waals surface area contributed by atoms with Crippen molar-refractivity contribution in [1.82, 2.24) is 16.0 Å². The van der Waals surface area contributed by atoms with Crippen LogP contribution in [-0.2, 0) is 4.79 Å². The second-order valence-electron chi connectivity index (χ2n) is 8.03. The SMILES string of the molecule is CCNC(=NCCCNC(=O)C1CCC1)NC1CCC(C(C)C)CC1.I. The van der Waals surface area contributed by atoms with Gasteiger partial charge in [-0.1, -0.05) is 20.3 Å². The van der Waals surface area contributed by atoms with Crippen molar-refractivity contribution in [2.75, 3.05) is 19.6 Å². The molecular formula is C20H39IN4O. The fourth-order valence-electron chi connectivity index (χ4n) is 3.74. The summed E-state index contributed by atoms with van der Waals surface area (Å²) in [4.78, 5) is 16.5. The summed E-state index contributed by atoms with van der Waals surface area (Å²) in [6.07, 6.45) is 9.36. The number of hydrogen-bond donors (Lipinski definition) is 3. The van der Waals surface area contributed by atoms with Gasteiger partial charge in [0.05, 0.1) is 0 Å². The molecule has 0 heterocycles. The van der Waals surface area contributed by atoms with Crippen LogP contribution < -0.4 is 16.0 Å². The Kier molecular flexibility index (Phi) is 11.6. The Balaban J connectivity index is 0.00000338. The van der Waals surface area contributed by atoms with E-state index in [-0.39, 0.29) is 35.8 Å². The number of nitrogens with zero attached hydrogens (tertiary/aromatic N) is 1. The second kappa shape index (κ2) is 12.8. The van der Waals surface area contributed by atoms with Crippen LogP contribution in [0.2, 0.25) is 0 Å². The van der Waals surface area contributed by atoms with Crippen LogP contribution in [0.1, 0.15) is 72.1 Å². The van der Waals surface area contributed by atoms with E-state index in [9.17, 15) is 4.79 Å². The molecule has 0 bridgehead atoms. The Morgan fingerprint density at radius 1 is 1.08 bits per heavy atom. The van der Waals surface area contributed by atoms with Crippen LogP contribution in [0, 0.1) is 17.8 Å². The zero-order chi connectivity index (χ0) is 18.1. The average Bonchev–Trinajstić information content (AvgIpc) is 2.53. The van der Waals surface area contributed by atoms with Gasteiger partial charge in [0.25, 0.3) is 0 Å². The summed E-state index contributed by atoms with van der Waals surface area (Å²) in [6.45, 7) is 9.15. The van der Waals surface area contributed by atoms with Crippen LogP contribution in [0.5, 0.6) is 0 Å². The van der Waals surface area contributed by atoms with Gasteiger partial charge in [-0.15, -0.1) is 24.0 Å². The number of carbonyl (C=O) groups is 1. The normalized spacial score (nSPS) is 23.8. The first-order valence-electron chi connectivity index (χ1n) is 10.4. The molecule has 26 heavy (non-hydrogen) atoms. The van der Waals surface area contributed by atoms with E-state index in [2.05, 4.69) is 41.7 Å². The molecule has 0 spiro atoms. The van der Waals surface area contributed by atoms with Gasteiger partial charge in [-0.3, -0.25) is 9.79 Å². The summed E-state index contributed by atoms with van der Waals surface area (Å²) in [5, 5.41) is 9.99. The van der Waals surface area contributed by atoms with E-state index >= 15 is 0 Å². The van der Waals surface area contributed by atoms with E-state index in [0.29, 0.717) is 6.04 Å². The molecule has 0 aromatic rings. The molecule has 1 amide bonds. The molecule has 5 nitrogen and oxygen atoms in total. The van der Waals surface area contributed by atoms with Crippen molar-refractivity contribution in [2.24, 2.45) is 22.7 Å². The fraction of sp³-hybridized carbons (Fsp3) is 0.900. The van der Waals surface area contributed by atoms with Crippen molar-refractivity contribution < 1.29 is 4.79 Å². The lowest BCUT2D eigenvalue weighted by Crippen LogP contribution is -2.45. The first-order valence-corrected chi connectivity index (χ1v) is 10.4. The highest BCUT2D eigenvalue weighted by Crippen LogP contribution is 2.29. The molecular weight excluding hydrogens is 439 g/mol. The third-order valence-electron chi connectivity index (χ3n) is 5.78. The number of aliphatic imine (C=N–C) groups is 1. The summed E-state index contributed by atoms with van der Waals surface area (Å²) in [6, 6.07) is 0.547. The Morgan fingerprint density at radius 3 is 2.31 bits per heavy atom. The minimum absolute atomic E-state index is 0. The maximum Gasteiger partial charge on any atom is 0.223 e. The summed E-state index contributed by atoms with van der Waals surface area (Å²) in [5.41, 5.74) is 0. The Morgan fingerprint density at radius 2 is 1.77 bits per heavy atom. The van der Waals surface area contributed by atoms with Crippen molar-refractivity contribution in [2.45, 2.75) is 78.2 Å². The minimum atomic E-state index is 0. The van der Waals surface area contributed by atoms with Gasteiger partial charge in [0.1, 0.15) is 0 Å². The highest BCUT2D eigenvalue weighted by atomic mass is 127. The Hall–Kier alpha value is -0.530. The molecule has 0 aromatic heterocycles. The number of guanidine groups is 1. The third kappa shape index (κ3) is 8.01. The monoisotopic (exact) mass is 478 g/mol.